The molecule has 0 aromatic carbocycles. The van der Waals surface area contributed by atoms with E-state index in [-0.39, 0.29) is 128 Å². The normalized spacial score (nSPS) is 22.5. The van der Waals surface area contributed by atoms with Gasteiger partial charge >= 0.3 is 72.3 Å². The van der Waals surface area contributed by atoms with Crippen LogP contribution in [0.25, 0.3) is 0 Å². The number of carbonyl (C=O) groups excluding carboxylic acids is 13. The van der Waals surface area contributed by atoms with Gasteiger partial charge < -0.3 is 113 Å². The van der Waals surface area contributed by atoms with Crippen molar-refractivity contribution in [3.05, 3.63) is 70.4 Å². The molecule has 42 heteroatoms. The Labute approximate surface area is 750 Å². The summed E-state index contributed by atoms with van der Waals surface area (Å²) in [5.74, 6) is -5.92. The Morgan fingerprint density at radius 3 is 1.21 bits per heavy atom. The third-order valence-corrected chi connectivity index (χ3v) is 18.6. The van der Waals surface area contributed by atoms with E-state index in [2.05, 4.69) is 31.3 Å². The molecule has 9 rings (SSSR count). The van der Waals surface area contributed by atoms with E-state index in [1.165, 1.54) is 12.2 Å². The van der Waals surface area contributed by atoms with Crippen molar-refractivity contribution in [3.8, 4) is 0 Å². The van der Waals surface area contributed by atoms with Crippen molar-refractivity contribution in [2.45, 2.75) is 305 Å². The number of ether oxygens (including phenoxy) is 16. The molecule has 2 aliphatic heterocycles. The van der Waals surface area contributed by atoms with Gasteiger partial charge in [0.2, 0.25) is 0 Å². The topological polar surface area (TPSA) is 516 Å². The number of nitrogens with one attached hydrogen (secondary N) is 5. The Morgan fingerprint density at radius 2 is 0.791 bits per heavy atom. The molecule has 7 aliphatic carbocycles. The number of aliphatic hydroxyl groups is 1. The lowest BCUT2D eigenvalue weighted by atomic mass is 10.1. The van der Waals surface area contributed by atoms with Gasteiger partial charge in [0.25, 0.3) is 12.2 Å². The molecule has 2 spiro atoms. The molecule has 0 aromatic rings. The molecule has 129 heavy (non-hydrogen) atoms. The van der Waals surface area contributed by atoms with Gasteiger partial charge in [0, 0.05) is 60.0 Å². The molecular weight excluding hydrogens is 1720 g/mol. The first-order valence-corrected chi connectivity index (χ1v) is 42.7. The van der Waals surface area contributed by atoms with E-state index < -0.39 is 148 Å². The molecule has 5 amide bonds. The molecule has 38 nitrogen and oxygen atoms in total. The minimum atomic E-state index is -1.92. The van der Waals surface area contributed by atoms with Gasteiger partial charge in [0.05, 0.1) is 133 Å². The molecule has 0 bridgehead atoms. The average molecular weight is 1850 g/mol. The molecule has 9 aliphatic rings. The average Bonchev–Trinajstić information content (AvgIpc) is 1.62. The summed E-state index contributed by atoms with van der Waals surface area (Å²) in [5.41, 5.74) is 2.45. The number of ketones is 1. The van der Waals surface area contributed by atoms with Crippen LogP contribution >= 0.6 is 0 Å². The quantitative estimate of drug-likeness (QED) is 0.0145. The third kappa shape index (κ3) is 41.9. The number of hydrogen-bond acceptors (Lipinski definition) is 33. The number of Topliss-reactive ketones (excluding diaryl/α,β-unsaturated/α-hetero) is 1. The second-order valence-corrected chi connectivity index (χ2v) is 34.9. The number of nitrogens with two attached hydrogens (primary N) is 1. The van der Waals surface area contributed by atoms with Crippen LogP contribution < -0.4 is 32.3 Å². The Bertz CT molecular complexity index is 3910. The number of carbonyl (C=O) groups is 13. The predicted molar refractivity (Wildman–Crippen MR) is 452 cm³/mol. The van der Waals surface area contributed by atoms with Crippen LogP contribution in [0.15, 0.2) is 70.4 Å². The van der Waals surface area contributed by atoms with Crippen molar-refractivity contribution in [2.75, 3.05) is 72.7 Å². The smallest absolute Gasteiger partial charge is 0.408 e. The van der Waals surface area contributed by atoms with Crippen molar-refractivity contribution in [1.82, 2.24) is 26.6 Å². The van der Waals surface area contributed by atoms with Crippen molar-refractivity contribution < 1.29 is 171 Å². The van der Waals surface area contributed by atoms with Gasteiger partial charge in [0.15, 0.2) is 17.4 Å². The summed E-state index contributed by atoms with van der Waals surface area (Å²) in [5, 5.41) is 34.7. The summed E-state index contributed by atoms with van der Waals surface area (Å²) in [7, 11) is 0. The lowest BCUT2D eigenvalue weighted by molar-refractivity contribution is -0.176. The molecule has 10 N–H and O–H groups in total. The summed E-state index contributed by atoms with van der Waals surface area (Å²) in [6.07, 6.45) is 4.05. The first-order valence-electron chi connectivity index (χ1n) is 42.7. The number of aliphatic hydroxyl groups excluding tert-OH is 1. The first kappa shape index (κ1) is 115. The second-order valence-electron chi connectivity index (χ2n) is 34.9. The van der Waals surface area contributed by atoms with E-state index in [1.54, 1.807) is 151 Å². The lowest BCUT2D eigenvalue weighted by Gasteiger charge is -2.30. The van der Waals surface area contributed by atoms with E-state index >= 15 is 0 Å². The van der Waals surface area contributed by atoms with Gasteiger partial charge in [0.1, 0.15) is 34.0 Å². The summed E-state index contributed by atoms with van der Waals surface area (Å²) < 4.78 is 133. The number of hydrogen-bond donors (Lipinski definition) is 9. The number of amides is 5. The first-order chi connectivity index (χ1) is 60.0. The number of halogens is 4. The van der Waals surface area contributed by atoms with Crippen LogP contribution in [-0.2, 0) is 114 Å². The molecule has 5 fully saturated rings. The van der Waals surface area contributed by atoms with Gasteiger partial charge in [-0.3, -0.25) is 34.5 Å². The van der Waals surface area contributed by atoms with Crippen LogP contribution in [0.2, 0.25) is 0 Å². The fourth-order valence-electron chi connectivity index (χ4n) is 13.5. The second kappa shape index (κ2) is 54.1. The van der Waals surface area contributed by atoms with Gasteiger partial charge in [-0.05, 0) is 203 Å². The fourth-order valence-corrected chi connectivity index (χ4v) is 13.5. The van der Waals surface area contributed by atoms with Crippen LogP contribution in [0.1, 0.15) is 223 Å². The number of rotatable bonds is 19. The zero-order valence-electron chi connectivity index (χ0n) is 78.1. The maximum Gasteiger partial charge on any atom is 0.408 e. The van der Waals surface area contributed by atoms with Gasteiger partial charge in [-0.15, -0.1) is 0 Å². The van der Waals surface area contributed by atoms with Gasteiger partial charge in [-0.2, -0.15) is 17.6 Å². The van der Waals surface area contributed by atoms with Crippen molar-refractivity contribution in [2.24, 2.45) is 29.4 Å². The van der Waals surface area contributed by atoms with E-state index in [4.69, 9.17) is 87.3 Å². The standard InChI is InChI=1S/C15H25NO6.C15H23NO6.C14H19F2NO4.C13H23NO5.C13H21NO5.C9H11F2NO2.C8H12O2.H2O2/c2*1-5-19-12(17)10-8-11(15(9-10)20-6-7-21-15)16-13(18)22-14(2,3)4;1-5-20-12(18)8-6-9(11(15)16)10(7-8)17-13(19)21-14(2,3)4;2*1-5-18-11(16)8-6-9(10(15)7-8)14-12(17)19-13(2,3)4;1-2-14-9(13)5-3-6(8(10)11)7(12)4-5;1-2-10-8(9)7-5-3-4-6-7;1-2/h10-11H,5-9H2,1-4H3,(H,16,18);8,11H,5-7,9H2,1-4H3,(H,16,18);7,10H,5-6H2,1-4H3,(H,17,19);8-10,15H,5-7H2,1-4H3,(H,14,17);8-9H,5-7H2,1-4H3,(H,14,17);4,7H,2-3,12H2,1H3;3-4,7H,2,5-6H2,1H3;1-2H/t10?,11-;11-;10-;8?,9-,10+;8?,9-;7-;;/m000000../s1. The highest BCUT2D eigenvalue weighted by Gasteiger charge is 2.56. The predicted octanol–water partition coefficient (Wildman–Crippen LogP) is 11.6. The Balaban J connectivity index is 0.000000513. The molecule has 0 aromatic heterocycles. The molecule has 0 radical (unpaired) electrons. The van der Waals surface area contributed by atoms with Crippen LogP contribution in [-0.4, -0.2) is 248 Å². The highest BCUT2D eigenvalue weighted by molar-refractivity contribution is 5.94. The Hall–Kier alpha value is -9.85. The zero-order chi connectivity index (χ0) is 98.3. The molecular formula is C87H136F4N6O32. The molecule has 3 unspecified atom stereocenters. The Kier molecular flexibility index (Phi) is 48.3. The third-order valence-electron chi connectivity index (χ3n) is 18.6. The molecule has 3 saturated carbocycles. The molecule has 10 atom stereocenters. The lowest BCUT2D eigenvalue weighted by Crippen LogP contribution is -2.51. The number of esters is 7. The largest absolute Gasteiger partial charge is 0.466 e. The zero-order valence-corrected chi connectivity index (χ0v) is 78.1. The van der Waals surface area contributed by atoms with E-state index in [1.807, 2.05) is 19.1 Å². The monoisotopic (exact) mass is 1850 g/mol. The van der Waals surface area contributed by atoms with Crippen molar-refractivity contribution >= 4 is 78.0 Å². The SMILES string of the molecule is CCOC(=O)C1=C[C@H](N)C(=C(F)F)C1.CCOC(=O)C1=C[C@H](NC(=O)OC(C)(C)C)C(=C(F)F)C1.CCOC(=O)C1=C[C@H](NC(=O)OC(C)(C)C)C2(C1)OCCO2.CCOC(=O)C1CC(=O)[C@@H](NC(=O)OC(C)(C)C)C1.CCOC(=O)C1CC=CC1.CCOC(=O)C1C[C@@H](O)[C@@H](NC(=O)OC(C)(C)C)C1.CCOC(=O)C1C[C@H](NC(=O)OC(C)(C)C)C2(C1)OCCO2.OO. The minimum Gasteiger partial charge on any atom is -0.466 e. The summed E-state index contributed by atoms with van der Waals surface area (Å²) in [6.45, 7) is 42.1. The van der Waals surface area contributed by atoms with E-state index in [0.717, 1.165) is 12.8 Å². The molecule has 2 heterocycles. The highest BCUT2D eigenvalue weighted by Crippen LogP contribution is 2.43. The van der Waals surface area contributed by atoms with E-state index in [0.29, 0.717) is 77.5 Å². The van der Waals surface area contributed by atoms with Crippen LogP contribution in [0.4, 0.5) is 41.5 Å². The molecule has 2 saturated heterocycles. The van der Waals surface area contributed by atoms with Crippen LogP contribution in [0.5, 0.6) is 0 Å². The summed E-state index contributed by atoms with van der Waals surface area (Å²) in [4.78, 5) is 151. The van der Waals surface area contributed by atoms with Gasteiger partial charge in [-0.25, -0.2) is 38.4 Å². The van der Waals surface area contributed by atoms with Crippen molar-refractivity contribution in [3.63, 3.8) is 0 Å². The minimum absolute atomic E-state index is 0.0486. The number of alkyl carbamates (subject to hydrolysis) is 5. The summed E-state index contributed by atoms with van der Waals surface area (Å²) in [6, 6.07) is -4.08. The number of allylic oxidation sites excluding steroid dienone is 2. The van der Waals surface area contributed by atoms with Crippen LogP contribution in [0, 0.1) is 23.7 Å². The maximum absolute atomic E-state index is 12.9. The maximum atomic E-state index is 12.9. The van der Waals surface area contributed by atoms with Crippen LogP contribution in [0.3, 0.4) is 0 Å². The fraction of sp³-hybridized carbons (Fsp3) is 0.713. The highest BCUT2D eigenvalue weighted by atomic mass is 19.3. The summed E-state index contributed by atoms with van der Waals surface area (Å²) >= 11 is 0. The van der Waals surface area contributed by atoms with Crippen molar-refractivity contribution in [1.29, 1.82) is 0 Å². The van der Waals surface area contributed by atoms with E-state index in [9.17, 15) is 85.0 Å². The van der Waals surface area contributed by atoms with Gasteiger partial charge in [-0.1, -0.05) is 18.2 Å². The molecule has 734 valence electrons. The Morgan fingerprint density at radius 1 is 0.426 bits per heavy atom.